The molecule has 0 radical (unpaired) electrons. The SMILES string of the molecule is CC1=CSCC=CS1. The molecule has 1 aliphatic rings. The van der Waals surface area contributed by atoms with Crippen molar-refractivity contribution in [1.82, 2.24) is 0 Å². The van der Waals surface area contributed by atoms with Gasteiger partial charge < -0.3 is 0 Å². The molecule has 8 heavy (non-hydrogen) atoms. The van der Waals surface area contributed by atoms with Crippen LogP contribution in [0.4, 0.5) is 0 Å². The molecule has 0 spiro atoms. The van der Waals surface area contributed by atoms with Gasteiger partial charge in [0.15, 0.2) is 0 Å². The molecule has 0 amide bonds. The van der Waals surface area contributed by atoms with Gasteiger partial charge in [-0.15, -0.1) is 23.5 Å². The van der Waals surface area contributed by atoms with Gasteiger partial charge in [-0.3, -0.25) is 0 Å². The Bertz CT molecular complexity index is 124. The van der Waals surface area contributed by atoms with Gasteiger partial charge in [-0.05, 0) is 22.6 Å². The Hall–Kier alpha value is 0.180. The van der Waals surface area contributed by atoms with E-state index in [2.05, 4.69) is 23.8 Å². The number of thioether (sulfide) groups is 2. The zero-order valence-corrected chi connectivity index (χ0v) is 6.39. The molecule has 0 aromatic rings. The molecule has 2 heteroatoms. The molecule has 0 atom stereocenters. The fourth-order valence-electron chi connectivity index (χ4n) is 0.444. The summed E-state index contributed by atoms with van der Waals surface area (Å²) < 4.78 is 0. The van der Waals surface area contributed by atoms with Crippen molar-refractivity contribution in [2.45, 2.75) is 6.92 Å². The fourth-order valence-corrected chi connectivity index (χ4v) is 1.94. The molecule has 1 heterocycles. The first-order valence-corrected chi connectivity index (χ1v) is 4.42. The highest BCUT2D eigenvalue weighted by atomic mass is 32.2. The summed E-state index contributed by atoms with van der Waals surface area (Å²) in [6, 6.07) is 0. The quantitative estimate of drug-likeness (QED) is 0.512. The average molecular weight is 144 g/mol. The van der Waals surface area contributed by atoms with Crippen molar-refractivity contribution < 1.29 is 0 Å². The van der Waals surface area contributed by atoms with Crippen LogP contribution in [-0.4, -0.2) is 5.75 Å². The molecule has 1 rings (SSSR count). The van der Waals surface area contributed by atoms with Gasteiger partial charge in [-0.2, -0.15) is 0 Å². The van der Waals surface area contributed by atoms with Crippen LogP contribution in [0.3, 0.4) is 0 Å². The van der Waals surface area contributed by atoms with Crippen LogP contribution in [0, 0.1) is 0 Å². The van der Waals surface area contributed by atoms with Crippen LogP contribution >= 0.6 is 23.5 Å². The molecule has 0 saturated carbocycles. The van der Waals surface area contributed by atoms with Gasteiger partial charge in [0.05, 0.1) is 0 Å². The Morgan fingerprint density at radius 3 is 3.38 bits per heavy atom. The van der Waals surface area contributed by atoms with Crippen LogP contribution in [0.2, 0.25) is 0 Å². The lowest BCUT2D eigenvalue weighted by Gasteiger charge is -1.86. The molecular weight excluding hydrogens is 136 g/mol. The molecular formula is C6H8S2. The first kappa shape index (κ1) is 6.30. The van der Waals surface area contributed by atoms with Crippen LogP contribution in [0.15, 0.2) is 21.8 Å². The Morgan fingerprint density at radius 2 is 2.50 bits per heavy atom. The van der Waals surface area contributed by atoms with E-state index in [1.165, 1.54) is 4.91 Å². The van der Waals surface area contributed by atoms with Gasteiger partial charge in [0, 0.05) is 5.75 Å². The van der Waals surface area contributed by atoms with E-state index in [-0.39, 0.29) is 0 Å². The van der Waals surface area contributed by atoms with Crippen molar-refractivity contribution >= 4 is 23.5 Å². The number of rotatable bonds is 0. The molecule has 0 unspecified atom stereocenters. The summed E-state index contributed by atoms with van der Waals surface area (Å²) in [7, 11) is 0. The maximum absolute atomic E-state index is 2.20. The second kappa shape index (κ2) is 3.25. The smallest absolute Gasteiger partial charge is 0.0163 e. The van der Waals surface area contributed by atoms with Crippen molar-refractivity contribution in [2.24, 2.45) is 0 Å². The highest BCUT2D eigenvalue weighted by Gasteiger charge is 1.89. The van der Waals surface area contributed by atoms with Crippen LogP contribution in [0.25, 0.3) is 0 Å². The number of hydrogen-bond acceptors (Lipinski definition) is 2. The lowest BCUT2D eigenvalue weighted by molar-refractivity contribution is 1.72. The zero-order valence-electron chi connectivity index (χ0n) is 4.76. The van der Waals surface area contributed by atoms with Gasteiger partial charge in [0.2, 0.25) is 0 Å². The molecule has 1 aliphatic heterocycles. The molecule has 0 saturated heterocycles. The third-order valence-electron chi connectivity index (χ3n) is 0.792. The monoisotopic (exact) mass is 144 g/mol. The van der Waals surface area contributed by atoms with Gasteiger partial charge >= 0.3 is 0 Å². The van der Waals surface area contributed by atoms with E-state index < -0.39 is 0 Å². The summed E-state index contributed by atoms with van der Waals surface area (Å²) in [6.45, 7) is 2.13. The normalized spacial score (nSPS) is 19.9. The maximum atomic E-state index is 2.20. The predicted octanol–water partition coefficient (Wildman–Crippen LogP) is 2.84. The van der Waals surface area contributed by atoms with Gasteiger partial charge in [-0.25, -0.2) is 0 Å². The fraction of sp³-hybridized carbons (Fsp3) is 0.333. The summed E-state index contributed by atoms with van der Waals surface area (Å²) in [4.78, 5) is 1.39. The van der Waals surface area contributed by atoms with Crippen LogP contribution < -0.4 is 0 Å². The van der Waals surface area contributed by atoms with Gasteiger partial charge in [0.25, 0.3) is 0 Å². The van der Waals surface area contributed by atoms with Crippen molar-refractivity contribution in [1.29, 1.82) is 0 Å². The van der Waals surface area contributed by atoms with Gasteiger partial charge in [-0.1, -0.05) is 6.08 Å². The van der Waals surface area contributed by atoms with E-state index in [1.54, 1.807) is 11.8 Å². The Labute approximate surface area is 58.4 Å². The highest BCUT2D eigenvalue weighted by Crippen LogP contribution is 2.23. The topological polar surface area (TPSA) is 0 Å². The summed E-state index contributed by atoms with van der Waals surface area (Å²) >= 11 is 3.65. The second-order valence-electron chi connectivity index (χ2n) is 1.55. The minimum Gasteiger partial charge on any atom is -0.129 e. The van der Waals surface area contributed by atoms with Crippen LogP contribution in [0.1, 0.15) is 6.92 Å². The summed E-state index contributed by atoms with van der Waals surface area (Å²) in [5.41, 5.74) is 0. The van der Waals surface area contributed by atoms with Gasteiger partial charge in [0.1, 0.15) is 0 Å². The number of allylic oxidation sites excluding steroid dienone is 1. The Morgan fingerprint density at radius 1 is 1.62 bits per heavy atom. The van der Waals surface area contributed by atoms with Crippen LogP contribution in [0.5, 0.6) is 0 Å². The lowest BCUT2D eigenvalue weighted by atomic mass is 10.8. The standard InChI is InChI=1S/C6H8S2/c1-6-5-7-3-2-4-8-6/h2,4-5H,3H2,1H3. The number of hydrogen-bond donors (Lipinski definition) is 0. The maximum Gasteiger partial charge on any atom is 0.0163 e. The van der Waals surface area contributed by atoms with Crippen molar-refractivity contribution in [3.63, 3.8) is 0 Å². The molecule has 0 aliphatic carbocycles. The van der Waals surface area contributed by atoms with E-state index >= 15 is 0 Å². The Kier molecular flexibility index (Phi) is 2.56. The molecule has 0 fully saturated rings. The minimum atomic E-state index is 1.13. The molecule has 0 bridgehead atoms. The third-order valence-corrected chi connectivity index (χ3v) is 2.66. The molecule has 0 aromatic heterocycles. The predicted molar refractivity (Wildman–Crippen MR) is 42.9 cm³/mol. The molecule has 0 nitrogen and oxygen atoms in total. The Balaban J connectivity index is 2.51. The lowest BCUT2D eigenvalue weighted by Crippen LogP contribution is -1.58. The summed E-state index contributed by atoms with van der Waals surface area (Å²) in [6.07, 6.45) is 2.18. The first-order valence-electron chi connectivity index (χ1n) is 2.49. The van der Waals surface area contributed by atoms with E-state index in [4.69, 9.17) is 0 Å². The highest BCUT2D eigenvalue weighted by molar-refractivity contribution is 8.08. The van der Waals surface area contributed by atoms with E-state index in [9.17, 15) is 0 Å². The molecule has 44 valence electrons. The second-order valence-corrected chi connectivity index (χ2v) is 3.61. The summed E-state index contributed by atoms with van der Waals surface area (Å²) in [5, 5.41) is 4.34. The van der Waals surface area contributed by atoms with Crippen LogP contribution in [-0.2, 0) is 0 Å². The minimum absolute atomic E-state index is 1.13. The van der Waals surface area contributed by atoms with E-state index in [0.29, 0.717) is 0 Å². The van der Waals surface area contributed by atoms with Crippen molar-refractivity contribution in [2.75, 3.05) is 5.75 Å². The van der Waals surface area contributed by atoms with Crippen molar-refractivity contribution in [3.8, 4) is 0 Å². The molecule has 0 N–H and O–H groups in total. The first-order chi connectivity index (χ1) is 3.89. The summed E-state index contributed by atoms with van der Waals surface area (Å²) in [5.74, 6) is 1.13. The van der Waals surface area contributed by atoms with Crippen molar-refractivity contribution in [3.05, 3.63) is 21.8 Å². The third kappa shape index (κ3) is 1.97. The largest absolute Gasteiger partial charge is 0.129 e. The zero-order chi connectivity index (χ0) is 5.82. The van der Waals surface area contributed by atoms with E-state index in [1.807, 2.05) is 11.8 Å². The average Bonchev–Trinajstić information content (AvgIpc) is 1.94. The molecule has 0 aromatic carbocycles. The van der Waals surface area contributed by atoms with E-state index in [0.717, 1.165) is 5.75 Å².